The normalized spacial score (nSPS) is 22.7. The summed E-state index contributed by atoms with van der Waals surface area (Å²) in [7, 11) is 0. The minimum absolute atomic E-state index is 0.481. The zero-order valence-corrected chi connectivity index (χ0v) is 14.8. The first kappa shape index (κ1) is 16.3. The van der Waals surface area contributed by atoms with Gasteiger partial charge in [0.2, 0.25) is 0 Å². The molecule has 0 amide bonds. The average Bonchev–Trinajstić information content (AvgIpc) is 2.53. The predicted molar refractivity (Wildman–Crippen MR) is 96.2 cm³/mol. The quantitative estimate of drug-likeness (QED) is 0.785. The van der Waals surface area contributed by atoms with E-state index in [0.29, 0.717) is 11.5 Å². The Labute approximate surface area is 140 Å². The average molecular weight is 311 g/mol. The number of nitrogens with zero attached hydrogens (tertiary/aromatic N) is 3. The fourth-order valence-electron chi connectivity index (χ4n) is 3.95. The summed E-state index contributed by atoms with van der Waals surface area (Å²) in [6, 6.07) is 4.83. The van der Waals surface area contributed by atoms with E-state index in [1.165, 1.54) is 50.3 Å². The molecular weight excluding hydrogens is 282 g/mol. The van der Waals surface area contributed by atoms with Gasteiger partial charge in [-0.25, -0.2) is 0 Å². The van der Waals surface area contributed by atoms with Crippen LogP contribution >= 0.6 is 0 Å². The lowest BCUT2D eigenvalue weighted by Crippen LogP contribution is -2.60. The van der Waals surface area contributed by atoms with Crippen molar-refractivity contribution >= 4 is 0 Å². The third-order valence-corrected chi connectivity index (χ3v) is 5.72. The van der Waals surface area contributed by atoms with Crippen LogP contribution in [0.4, 0.5) is 0 Å². The van der Waals surface area contributed by atoms with Gasteiger partial charge in [-0.05, 0) is 56.7 Å². The lowest BCUT2D eigenvalue weighted by atomic mass is 9.71. The van der Waals surface area contributed by atoms with E-state index in [1.807, 2.05) is 19.2 Å². The third kappa shape index (κ3) is 3.35. The molecule has 1 aromatic heterocycles. The summed E-state index contributed by atoms with van der Waals surface area (Å²) < 4.78 is 0. The molecule has 3 heteroatoms. The van der Waals surface area contributed by atoms with Gasteiger partial charge in [0.15, 0.2) is 0 Å². The molecule has 0 aromatic carbocycles. The molecule has 1 atom stereocenters. The summed E-state index contributed by atoms with van der Waals surface area (Å²) in [5.41, 5.74) is 4.34. The van der Waals surface area contributed by atoms with E-state index in [2.05, 4.69) is 53.4 Å². The lowest BCUT2D eigenvalue weighted by Gasteiger charge is -2.56. The standard InChI is InChI=1S/C20H29N3/c1-5-6-17(3)22-11-9-20(10-12-22)14-23(15-20)18(4)19-8-7-16(2)21-13-19/h5-8,13,18H,1,9-12,14-15H2,2-4H3/b17-6+. The lowest BCUT2D eigenvalue weighted by molar-refractivity contribution is -0.0623. The largest absolute Gasteiger partial charge is 0.375 e. The first-order valence-electron chi connectivity index (χ1n) is 8.74. The molecule has 0 radical (unpaired) electrons. The molecule has 3 rings (SSSR count). The Balaban J connectivity index is 1.54. The maximum atomic E-state index is 4.44. The maximum absolute atomic E-state index is 4.44. The van der Waals surface area contributed by atoms with Gasteiger partial charge in [-0.3, -0.25) is 9.88 Å². The van der Waals surface area contributed by atoms with E-state index < -0.39 is 0 Å². The number of rotatable bonds is 4. The van der Waals surface area contributed by atoms with Crippen molar-refractivity contribution in [2.24, 2.45) is 5.41 Å². The maximum Gasteiger partial charge on any atom is 0.0372 e. The zero-order valence-electron chi connectivity index (χ0n) is 14.8. The van der Waals surface area contributed by atoms with Gasteiger partial charge in [-0.2, -0.15) is 0 Å². The number of aromatic nitrogens is 1. The summed E-state index contributed by atoms with van der Waals surface area (Å²) in [6.07, 6.45) is 8.67. The molecular formula is C20H29N3. The second-order valence-corrected chi connectivity index (χ2v) is 7.34. The Hall–Kier alpha value is -1.61. The molecule has 3 heterocycles. The molecule has 124 valence electrons. The van der Waals surface area contributed by atoms with Crippen molar-refractivity contribution in [3.63, 3.8) is 0 Å². The van der Waals surface area contributed by atoms with E-state index in [-0.39, 0.29) is 0 Å². The van der Waals surface area contributed by atoms with Crippen molar-refractivity contribution in [2.75, 3.05) is 26.2 Å². The van der Waals surface area contributed by atoms with Gasteiger partial charge in [-0.1, -0.05) is 18.7 Å². The van der Waals surface area contributed by atoms with Crippen LogP contribution < -0.4 is 0 Å². The van der Waals surface area contributed by atoms with Gasteiger partial charge in [0, 0.05) is 49.8 Å². The van der Waals surface area contributed by atoms with E-state index in [4.69, 9.17) is 0 Å². The topological polar surface area (TPSA) is 19.4 Å². The van der Waals surface area contributed by atoms with Gasteiger partial charge in [0.25, 0.3) is 0 Å². The van der Waals surface area contributed by atoms with Crippen LogP contribution in [0.5, 0.6) is 0 Å². The van der Waals surface area contributed by atoms with Crippen molar-refractivity contribution in [2.45, 2.75) is 39.7 Å². The van der Waals surface area contributed by atoms with E-state index in [1.54, 1.807) is 0 Å². The minimum atomic E-state index is 0.481. The van der Waals surface area contributed by atoms with Crippen molar-refractivity contribution in [3.05, 3.63) is 54.0 Å². The first-order valence-corrected chi connectivity index (χ1v) is 8.74. The third-order valence-electron chi connectivity index (χ3n) is 5.72. The van der Waals surface area contributed by atoms with Crippen molar-refractivity contribution in [1.82, 2.24) is 14.8 Å². The van der Waals surface area contributed by atoms with Crippen LogP contribution in [0.25, 0.3) is 0 Å². The Morgan fingerprint density at radius 1 is 1.30 bits per heavy atom. The molecule has 23 heavy (non-hydrogen) atoms. The number of likely N-dealkylation sites (tertiary alicyclic amines) is 2. The van der Waals surface area contributed by atoms with Crippen LogP contribution in [-0.4, -0.2) is 41.0 Å². The summed E-state index contributed by atoms with van der Waals surface area (Å²) in [5, 5.41) is 0. The summed E-state index contributed by atoms with van der Waals surface area (Å²) in [4.78, 5) is 9.55. The van der Waals surface area contributed by atoms with Crippen LogP contribution in [0.1, 0.15) is 44.0 Å². The highest BCUT2D eigenvalue weighted by atomic mass is 15.2. The van der Waals surface area contributed by atoms with Crippen molar-refractivity contribution in [1.29, 1.82) is 0 Å². The highest BCUT2D eigenvalue weighted by molar-refractivity contribution is 5.18. The number of piperidine rings is 1. The molecule has 1 aromatic rings. The van der Waals surface area contributed by atoms with Gasteiger partial charge in [0.05, 0.1) is 0 Å². The van der Waals surface area contributed by atoms with Gasteiger partial charge in [0.1, 0.15) is 0 Å². The molecule has 0 bridgehead atoms. The minimum Gasteiger partial charge on any atom is -0.375 e. The van der Waals surface area contributed by atoms with E-state index >= 15 is 0 Å². The molecule has 1 unspecified atom stereocenters. The summed E-state index contributed by atoms with van der Waals surface area (Å²) >= 11 is 0. The molecule has 0 N–H and O–H groups in total. The van der Waals surface area contributed by atoms with E-state index in [0.717, 1.165) is 5.69 Å². The van der Waals surface area contributed by atoms with Crippen LogP contribution in [0.3, 0.4) is 0 Å². The zero-order chi connectivity index (χ0) is 16.4. The Kier molecular flexibility index (Phi) is 4.58. The van der Waals surface area contributed by atoms with Crippen LogP contribution in [0.2, 0.25) is 0 Å². The van der Waals surface area contributed by atoms with Crippen molar-refractivity contribution in [3.8, 4) is 0 Å². The summed E-state index contributed by atoms with van der Waals surface area (Å²) in [5.74, 6) is 0. The second kappa shape index (κ2) is 6.48. The highest BCUT2D eigenvalue weighted by Gasteiger charge is 2.46. The first-order chi connectivity index (χ1) is 11.0. The van der Waals surface area contributed by atoms with Gasteiger partial charge in [-0.15, -0.1) is 0 Å². The summed E-state index contributed by atoms with van der Waals surface area (Å²) in [6.45, 7) is 15.2. The predicted octanol–water partition coefficient (Wildman–Crippen LogP) is 3.94. The molecule has 0 aliphatic carbocycles. The SMILES string of the molecule is C=C/C=C(\C)N1CCC2(CC1)CN(C(C)c1ccc(C)nc1)C2. The Bertz CT molecular complexity index is 571. The van der Waals surface area contributed by atoms with E-state index in [9.17, 15) is 0 Å². The smallest absolute Gasteiger partial charge is 0.0372 e. The molecule has 2 saturated heterocycles. The molecule has 1 spiro atoms. The highest BCUT2D eigenvalue weighted by Crippen LogP contribution is 2.44. The second-order valence-electron chi connectivity index (χ2n) is 7.34. The molecule has 0 saturated carbocycles. The van der Waals surface area contributed by atoms with Crippen LogP contribution in [0.15, 0.2) is 42.8 Å². The van der Waals surface area contributed by atoms with Crippen LogP contribution in [0, 0.1) is 12.3 Å². The van der Waals surface area contributed by atoms with Crippen molar-refractivity contribution < 1.29 is 0 Å². The number of aryl methyl sites for hydroxylation is 1. The number of allylic oxidation sites excluding steroid dienone is 3. The fraction of sp³-hybridized carbons (Fsp3) is 0.550. The fourth-order valence-corrected chi connectivity index (χ4v) is 3.95. The van der Waals surface area contributed by atoms with Gasteiger partial charge < -0.3 is 4.90 Å². The monoisotopic (exact) mass is 311 g/mol. The number of hydrogen-bond acceptors (Lipinski definition) is 3. The van der Waals surface area contributed by atoms with Crippen LogP contribution in [-0.2, 0) is 0 Å². The molecule has 2 aliphatic rings. The number of pyridine rings is 1. The Morgan fingerprint density at radius 2 is 2.00 bits per heavy atom. The molecule has 2 fully saturated rings. The molecule has 3 nitrogen and oxygen atoms in total. The Morgan fingerprint density at radius 3 is 2.57 bits per heavy atom. The number of hydrogen-bond donors (Lipinski definition) is 0. The molecule has 2 aliphatic heterocycles. The van der Waals surface area contributed by atoms with Gasteiger partial charge >= 0.3 is 0 Å².